The molecule has 1 N–H and O–H groups in total. The Balaban J connectivity index is 2.59. The van der Waals surface area contributed by atoms with Gasteiger partial charge in [0.25, 0.3) is 0 Å². The quantitative estimate of drug-likeness (QED) is 0.800. The van der Waals surface area contributed by atoms with Gasteiger partial charge < -0.3 is 5.32 Å². The first-order valence-electron chi connectivity index (χ1n) is 5.39. The van der Waals surface area contributed by atoms with Gasteiger partial charge in [0, 0.05) is 18.5 Å². The zero-order valence-corrected chi connectivity index (χ0v) is 10.8. The summed E-state index contributed by atoms with van der Waals surface area (Å²) >= 11 is 0. The zero-order chi connectivity index (χ0) is 12.2. The lowest BCUT2D eigenvalue weighted by Gasteiger charge is -2.12. The molecule has 0 saturated carbocycles. The molecule has 0 aliphatic carbocycles. The maximum absolute atomic E-state index is 11.2. The van der Waals surface area contributed by atoms with Gasteiger partial charge in [-0.05, 0) is 19.9 Å². The molecule has 0 aliphatic rings. The minimum Gasteiger partial charge on any atom is -0.312 e. The highest BCUT2D eigenvalue weighted by Gasteiger charge is 2.10. The number of hydrogen-bond acceptors (Lipinski definition) is 4. The summed E-state index contributed by atoms with van der Waals surface area (Å²) in [5.74, 6) is 0. The molecule has 1 aromatic rings. The zero-order valence-electron chi connectivity index (χ0n) is 9.97. The fourth-order valence-corrected chi connectivity index (χ4v) is 1.92. The van der Waals surface area contributed by atoms with E-state index in [2.05, 4.69) is 24.3 Å². The fourth-order valence-electron chi connectivity index (χ4n) is 1.37. The van der Waals surface area contributed by atoms with Crippen molar-refractivity contribution in [3.05, 3.63) is 12.4 Å². The van der Waals surface area contributed by atoms with Crippen LogP contribution in [0.1, 0.15) is 20.3 Å². The number of rotatable bonds is 6. The number of aromatic nitrogens is 2. The molecular weight excluding hydrogens is 226 g/mol. The molecule has 6 heteroatoms. The standard InChI is InChI=1S/C10H19N3O2S/c1-4-5-11-9(2)7-13-8-10(6-12-13)16(3,14)15/h6,8-9,11H,4-5,7H2,1-3H3. The molecule has 16 heavy (non-hydrogen) atoms. The van der Waals surface area contributed by atoms with E-state index in [0.717, 1.165) is 13.0 Å². The second-order valence-corrected chi connectivity index (χ2v) is 6.04. The monoisotopic (exact) mass is 245 g/mol. The van der Waals surface area contributed by atoms with E-state index < -0.39 is 9.84 Å². The van der Waals surface area contributed by atoms with Crippen molar-refractivity contribution in [2.24, 2.45) is 0 Å². The molecule has 0 aromatic carbocycles. The molecule has 1 unspecified atom stereocenters. The van der Waals surface area contributed by atoms with E-state index in [1.807, 2.05) is 0 Å². The molecule has 0 bridgehead atoms. The molecule has 0 aliphatic heterocycles. The Kier molecular flexibility index (Phi) is 4.49. The predicted molar refractivity (Wildman–Crippen MR) is 63.1 cm³/mol. The van der Waals surface area contributed by atoms with Crippen LogP contribution in [0.4, 0.5) is 0 Å². The van der Waals surface area contributed by atoms with Gasteiger partial charge in [0.2, 0.25) is 0 Å². The number of hydrogen-bond donors (Lipinski definition) is 1. The van der Waals surface area contributed by atoms with Crippen molar-refractivity contribution >= 4 is 9.84 Å². The van der Waals surface area contributed by atoms with Gasteiger partial charge in [-0.1, -0.05) is 6.92 Å². The van der Waals surface area contributed by atoms with E-state index in [1.165, 1.54) is 12.5 Å². The molecule has 1 rings (SSSR count). The number of sulfone groups is 1. The highest BCUT2D eigenvalue weighted by atomic mass is 32.2. The van der Waals surface area contributed by atoms with E-state index >= 15 is 0 Å². The topological polar surface area (TPSA) is 64.0 Å². The van der Waals surface area contributed by atoms with Crippen LogP contribution in [0.2, 0.25) is 0 Å². The van der Waals surface area contributed by atoms with Crippen LogP contribution < -0.4 is 5.32 Å². The Morgan fingerprint density at radius 3 is 2.75 bits per heavy atom. The van der Waals surface area contributed by atoms with Crippen molar-refractivity contribution in [2.45, 2.75) is 37.8 Å². The smallest absolute Gasteiger partial charge is 0.178 e. The summed E-state index contributed by atoms with van der Waals surface area (Å²) in [6.07, 6.45) is 5.23. The lowest BCUT2D eigenvalue weighted by Crippen LogP contribution is -2.31. The maximum Gasteiger partial charge on any atom is 0.178 e. The first kappa shape index (κ1) is 13.2. The van der Waals surface area contributed by atoms with Gasteiger partial charge in [-0.3, -0.25) is 4.68 Å². The molecule has 1 heterocycles. The third-order valence-electron chi connectivity index (χ3n) is 2.24. The summed E-state index contributed by atoms with van der Waals surface area (Å²) in [5, 5.41) is 7.35. The minimum atomic E-state index is -3.14. The van der Waals surface area contributed by atoms with Crippen molar-refractivity contribution in [2.75, 3.05) is 12.8 Å². The van der Waals surface area contributed by atoms with Crippen molar-refractivity contribution in [3.63, 3.8) is 0 Å². The van der Waals surface area contributed by atoms with Crippen LogP contribution in [0, 0.1) is 0 Å². The fraction of sp³-hybridized carbons (Fsp3) is 0.700. The van der Waals surface area contributed by atoms with Gasteiger partial charge in [-0.2, -0.15) is 5.10 Å². The maximum atomic E-state index is 11.2. The van der Waals surface area contributed by atoms with Crippen LogP contribution in [0.3, 0.4) is 0 Å². The van der Waals surface area contributed by atoms with Gasteiger partial charge in [0.05, 0.1) is 12.7 Å². The molecule has 92 valence electrons. The van der Waals surface area contributed by atoms with E-state index in [0.29, 0.717) is 6.54 Å². The van der Waals surface area contributed by atoms with Crippen LogP contribution >= 0.6 is 0 Å². The van der Waals surface area contributed by atoms with Crippen LogP contribution in [0.15, 0.2) is 17.3 Å². The van der Waals surface area contributed by atoms with E-state index in [4.69, 9.17) is 0 Å². The molecule has 0 amide bonds. The molecule has 1 aromatic heterocycles. The summed E-state index contributed by atoms with van der Waals surface area (Å²) in [4.78, 5) is 0.273. The Morgan fingerprint density at radius 2 is 2.25 bits per heavy atom. The summed E-state index contributed by atoms with van der Waals surface area (Å²) in [5.41, 5.74) is 0. The summed E-state index contributed by atoms with van der Waals surface area (Å²) in [6, 6.07) is 0.285. The molecule has 0 saturated heterocycles. The Bertz CT molecular complexity index is 425. The highest BCUT2D eigenvalue weighted by molar-refractivity contribution is 7.90. The van der Waals surface area contributed by atoms with Gasteiger partial charge >= 0.3 is 0 Å². The lowest BCUT2D eigenvalue weighted by atomic mass is 10.3. The normalized spacial score (nSPS) is 13.9. The molecule has 0 spiro atoms. The average Bonchev–Trinajstić information content (AvgIpc) is 2.62. The van der Waals surface area contributed by atoms with Crippen molar-refractivity contribution in [1.29, 1.82) is 0 Å². The van der Waals surface area contributed by atoms with Crippen LogP contribution in [-0.4, -0.2) is 37.0 Å². The summed E-state index contributed by atoms with van der Waals surface area (Å²) < 4.78 is 24.1. The lowest BCUT2D eigenvalue weighted by molar-refractivity contribution is 0.451. The van der Waals surface area contributed by atoms with Crippen molar-refractivity contribution in [1.82, 2.24) is 15.1 Å². The molecule has 0 radical (unpaired) electrons. The molecule has 5 nitrogen and oxygen atoms in total. The Labute approximate surface area is 96.8 Å². The number of nitrogens with zero attached hydrogens (tertiary/aromatic N) is 2. The SMILES string of the molecule is CCCNC(C)Cn1cc(S(C)(=O)=O)cn1. The van der Waals surface area contributed by atoms with Gasteiger partial charge in [0.15, 0.2) is 9.84 Å². The Morgan fingerprint density at radius 1 is 1.56 bits per heavy atom. The van der Waals surface area contributed by atoms with E-state index in [1.54, 1.807) is 10.9 Å². The predicted octanol–water partition coefficient (Wildman–Crippen LogP) is 0.675. The van der Waals surface area contributed by atoms with Gasteiger partial charge in [-0.25, -0.2) is 8.42 Å². The summed E-state index contributed by atoms with van der Waals surface area (Å²) in [7, 11) is -3.14. The molecule has 1 atom stereocenters. The second kappa shape index (κ2) is 5.45. The van der Waals surface area contributed by atoms with Crippen LogP contribution in [0.5, 0.6) is 0 Å². The second-order valence-electron chi connectivity index (χ2n) is 4.03. The van der Waals surface area contributed by atoms with E-state index in [-0.39, 0.29) is 10.9 Å². The molecule has 0 fully saturated rings. The molecular formula is C10H19N3O2S. The summed E-state index contributed by atoms with van der Waals surface area (Å²) in [6.45, 7) is 5.80. The average molecular weight is 245 g/mol. The van der Waals surface area contributed by atoms with Crippen LogP contribution in [0.25, 0.3) is 0 Å². The third-order valence-corrected chi connectivity index (χ3v) is 3.31. The Hall–Kier alpha value is -0.880. The van der Waals surface area contributed by atoms with Gasteiger partial charge in [0.1, 0.15) is 4.90 Å². The first-order valence-corrected chi connectivity index (χ1v) is 7.28. The highest BCUT2D eigenvalue weighted by Crippen LogP contribution is 2.06. The van der Waals surface area contributed by atoms with Crippen molar-refractivity contribution < 1.29 is 8.42 Å². The largest absolute Gasteiger partial charge is 0.312 e. The van der Waals surface area contributed by atoms with Crippen LogP contribution in [-0.2, 0) is 16.4 Å². The van der Waals surface area contributed by atoms with E-state index in [9.17, 15) is 8.42 Å². The third kappa shape index (κ3) is 3.94. The number of nitrogens with one attached hydrogen (secondary N) is 1. The minimum absolute atomic E-state index is 0.273. The van der Waals surface area contributed by atoms with Crippen molar-refractivity contribution in [3.8, 4) is 0 Å². The first-order chi connectivity index (χ1) is 7.43. The van der Waals surface area contributed by atoms with Gasteiger partial charge in [-0.15, -0.1) is 0 Å².